The van der Waals surface area contributed by atoms with Gasteiger partial charge in [0, 0.05) is 11.3 Å². The molecule has 1 heteroatoms. The zero-order valence-corrected chi connectivity index (χ0v) is 14.1. The molecule has 1 aromatic carbocycles. The van der Waals surface area contributed by atoms with Gasteiger partial charge in [0.05, 0.1) is 5.69 Å². The van der Waals surface area contributed by atoms with Crippen molar-refractivity contribution in [3.8, 4) is 11.3 Å². The van der Waals surface area contributed by atoms with Crippen molar-refractivity contribution in [2.45, 2.75) is 20.8 Å². The number of allylic oxidation sites excluding steroid dienone is 6. The lowest BCUT2D eigenvalue weighted by Gasteiger charge is -2.08. The maximum absolute atomic E-state index is 4.55. The van der Waals surface area contributed by atoms with Gasteiger partial charge in [-0.25, -0.2) is 0 Å². The lowest BCUT2D eigenvalue weighted by atomic mass is 9.98. The normalized spacial score (nSPS) is 11.7. The van der Waals surface area contributed by atoms with Crippen molar-refractivity contribution in [3.63, 3.8) is 0 Å². The van der Waals surface area contributed by atoms with E-state index in [2.05, 4.69) is 61.5 Å². The summed E-state index contributed by atoms with van der Waals surface area (Å²) in [6.45, 7) is 14.4. The molecule has 2 aromatic rings. The molecule has 2 rings (SSSR count). The molecule has 0 N–H and O–H groups in total. The monoisotopic (exact) mass is 301 g/mol. The lowest BCUT2D eigenvalue weighted by molar-refractivity contribution is 1.20. The smallest absolute Gasteiger partial charge is 0.0705 e. The van der Waals surface area contributed by atoms with Crippen LogP contribution >= 0.6 is 0 Å². The number of aryl methyl sites for hydroxylation is 1. The van der Waals surface area contributed by atoms with E-state index in [9.17, 15) is 0 Å². The summed E-state index contributed by atoms with van der Waals surface area (Å²) in [7, 11) is 0. The predicted molar refractivity (Wildman–Crippen MR) is 101 cm³/mol. The zero-order valence-electron chi connectivity index (χ0n) is 14.1. The van der Waals surface area contributed by atoms with E-state index in [0.717, 1.165) is 33.7 Å². The van der Waals surface area contributed by atoms with Crippen LogP contribution in [-0.2, 0) is 0 Å². The van der Waals surface area contributed by atoms with Crippen LogP contribution in [0.5, 0.6) is 0 Å². The first-order valence-electron chi connectivity index (χ1n) is 7.75. The van der Waals surface area contributed by atoms with Crippen molar-refractivity contribution in [2.24, 2.45) is 0 Å². The average Bonchev–Trinajstić information content (AvgIpc) is 2.58. The SMILES string of the molecule is C=C(/C=C\C(C)=C\C)C(=C)c1ccc(-c2cccc(C)n2)cc1. The summed E-state index contributed by atoms with van der Waals surface area (Å²) in [5.74, 6) is 0. The fourth-order valence-corrected chi connectivity index (χ4v) is 2.16. The summed E-state index contributed by atoms with van der Waals surface area (Å²) in [5, 5.41) is 0. The van der Waals surface area contributed by atoms with Crippen LogP contribution in [0.15, 0.2) is 85.0 Å². The highest BCUT2D eigenvalue weighted by Crippen LogP contribution is 2.24. The van der Waals surface area contributed by atoms with E-state index < -0.39 is 0 Å². The molecule has 0 amide bonds. The second-order valence-corrected chi connectivity index (χ2v) is 5.61. The van der Waals surface area contributed by atoms with E-state index in [-0.39, 0.29) is 0 Å². The molecule has 0 saturated carbocycles. The van der Waals surface area contributed by atoms with Gasteiger partial charge in [-0.1, -0.05) is 67.3 Å². The van der Waals surface area contributed by atoms with Gasteiger partial charge in [-0.15, -0.1) is 0 Å². The first-order chi connectivity index (χ1) is 11.0. The maximum Gasteiger partial charge on any atom is 0.0705 e. The van der Waals surface area contributed by atoms with E-state index in [4.69, 9.17) is 0 Å². The Morgan fingerprint density at radius 2 is 1.70 bits per heavy atom. The number of nitrogens with zero attached hydrogens (tertiary/aromatic N) is 1. The zero-order chi connectivity index (χ0) is 16.8. The first-order valence-corrected chi connectivity index (χ1v) is 7.75. The van der Waals surface area contributed by atoms with Crippen LogP contribution in [0, 0.1) is 6.92 Å². The molecule has 1 heterocycles. The highest BCUT2D eigenvalue weighted by molar-refractivity contribution is 5.80. The quantitative estimate of drug-likeness (QED) is 0.604. The molecule has 0 radical (unpaired) electrons. The standard InChI is InChI=1S/C22H23N/c1-6-16(2)10-11-17(3)19(5)20-12-14-21(15-13-20)22-9-7-8-18(4)23-22/h6-15H,3,5H2,1-2,4H3/b11-10-,16-6+. The minimum Gasteiger partial charge on any atom is -0.253 e. The summed E-state index contributed by atoms with van der Waals surface area (Å²) >= 11 is 0. The summed E-state index contributed by atoms with van der Waals surface area (Å²) < 4.78 is 0. The Hall–Kier alpha value is -2.67. The second kappa shape index (κ2) is 7.55. The van der Waals surface area contributed by atoms with Crippen LogP contribution in [0.3, 0.4) is 0 Å². The van der Waals surface area contributed by atoms with Gasteiger partial charge >= 0.3 is 0 Å². The van der Waals surface area contributed by atoms with Crippen LogP contribution in [0.25, 0.3) is 16.8 Å². The topological polar surface area (TPSA) is 12.9 Å². The molecule has 0 aliphatic rings. The highest BCUT2D eigenvalue weighted by Gasteiger charge is 2.03. The van der Waals surface area contributed by atoms with Crippen molar-refractivity contribution in [2.75, 3.05) is 0 Å². The molecular formula is C22H23N. The summed E-state index contributed by atoms with van der Waals surface area (Å²) in [6.07, 6.45) is 6.13. The second-order valence-electron chi connectivity index (χ2n) is 5.61. The summed E-state index contributed by atoms with van der Waals surface area (Å²) in [6, 6.07) is 14.4. The molecule has 0 spiro atoms. The Morgan fingerprint density at radius 1 is 1.00 bits per heavy atom. The maximum atomic E-state index is 4.55. The Balaban J connectivity index is 2.17. The predicted octanol–water partition coefficient (Wildman–Crippen LogP) is 6.15. The van der Waals surface area contributed by atoms with Gasteiger partial charge in [-0.05, 0) is 49.6 Å². The first kappa shape index (κ1) is 16.7. The van der Waals surface area contributed by atoms with Gasteiger partial charge < -0.3 is 0 Å². The Bertz CT molecular complexity index is 774. The fourth-order valence-electron chi connectivity index (χ4n) is 2.16. The van der Waals surface area contributed by atoms with Gasteiger partial charge in [0.25, 0.3) is 0 Å². The minimum absolute atomic E-state index is 0.924. The van der Waals surface area contributed by atoms with Gasteiger partial charge in [0.2, 0.25) is 0 Å². The van der Waals surface area contributed by atoms with E-state index in [1.54, 1.807) is 0 Å². The Morgan fingerprint density at radius 3 is 2.30 bits per heavy atom. The van der Waals surface area contributed by atoms with Gasteiger partial charge in [0.15, 0.2) is 0 Å². The Kier molecular flexibility index (Phi) is 5.48. The Labute approximate surface area is 139 Å². The molecule has 0 aliphatic carbocycles. The van der Waals surface area contributed by atoms with Crippen molar-refractivity contribution in [1.82, 2.24) is 4.98 Å². The number of hydrogen-bond acceptors (Lipinski definition) is 1. The average molecular weight is 301 g/mol. The van der Waals surface area contributed by atoms with Crippen LogP contribution in [0.1, 0.15) is 25.1 Å². The number of aromatic nitrogens is 1. The molecule has 0 bridgehead atoms. The van der Waals surface area contributed by atoms with Gasteiger partial charge in [0.1, 0.15) is 0 Å². The molecule has 0 aliphatic heterocycles. The summed E-state index contributed by atoms with van der Waals surface area (Å²) in [5.41, 5.74) is 7.27. The minimum atomic E-state index is 0.924. The molecule has 1 nitrogen and oxygen atoms in total. The van der Waals surface area contributed by atoms with Crippen LogP contribution < -0.4 is 0 Å². The molecule has 116 valence electrons. The molecule has 1 aromatic heterocycles. The van der Waals surface area contributed by atoms with Crippen molar-refractivity contribution < 1.29 is 0 Å². The van der Waals surface area contributed by atoms with Gasteiger partial charge in [-0.2, -0.15) is 0 Å². The number of rotatable bonds is 5. The van der Waals surface area contributed by atoms with E-state index in [0.29, 0.717) is 0 Å². The van der Waals surface area contributed by atoms with Crippen LogP contribution in [0.4, 0.5) is 0 Å². The molecule has 0 saturated heterocycles. The van der Waals surface area contributed by atoms with E-state index >= 15 is 0 Å². The van der Waals surface area contributed by atoms with Crippen molar-refractivity contribution in [3.05, 3.63) is 96.3 Å². The molecular weight excluding hydrogens is 278 g/mol. The molecule has 23 heavy (non-hydrogen) atoms. The lowest BCUT2D eigenvalue weighted by Crippen LogP contribution is -1.88. The van der Waals surface area contributed by atoms with Crippen molar-refractivity contribution >= 4 is 5.57 Å². The largest absolute Gasteiger partial charge is 0.253 e. The van der Waals surface area contributed by atoms with E-state index in [1.165, 1.54) is 5.57 Å². The van der Waals surface area contributed by atoms with Crippen molar-refractivity contribution in [1.29, 1.82) is 0 Å². The van der Waals surface area contributed by atoms with Crippen LogP contribution in [-0.4, -0.2) is 4.98 Å². The molecule has 0 atom stereocenters. The number of pyridine rings is 1. The number of hydrogen-bond donors (Lipinski definition) is 0. The van der Waals surface area contributed by atoms with Gasteiger partial charge in [-0.3, -0.25) is 4.98 Å². The third-order valence-corrected chi connectivity index (χ3v) is 3.81. The third kappa shape index (κ3) is 4.40. The molecule has 0 fully saturated rings. The highest BCUT2D eigenvalue weighted by atomic mass is 14.7. The molecule has 0 unspecified atom stereocenters. The fraction of sp³-hybridized carbons (Fsp3) is 0.136. The summed E-state index contributed by atoms with van der Waals surface area (Å²) in [4.78, 5) is 4.55. The van der Waals surface area contributed by atoms with E-state index in [1.807, 2.05) is 38.1 Å². The third-order valence-electron chi connectivity index (χ3n) is 3.81. The van der Waals surface area contributed by atoms with Crippen LogP contribution in [0.2, 0.25) is 0 Å². The number of benzene rings is 1.